The van der Waals surface area contributed by atoms with Gasteiger partial charge in [0, 0.05) is 30.0 Å². The van der Waals surface area contributed by atoms with Crippen LogP contribution in [0.25, 0.3) is 0 Å². The molecule has 0 saturated carbocycles. The Morgan fingerprint density at radius 3 is 2.54 bits per heavy atom. The normalized spacial score (nSPS) is 15.8. The van der Waals surface area contributed by atoms with Gasteiger partial charge in [-0.05, 0) is 61.7 Å². The summed E-state index contributed by atoms with van der Waals surface area (Å²) in [5.41, 5.74) is 1.82. The Morgan fingerprint density at radius 1 is 1.11 bits per heavy atom. The van der Waals surface area contributed by atoms with Gasteiger partial charge in [0.25, 0.3) is 5.91 Å². The topological polar surface area (TPSA) is 76.7 Å². The SMILES string of the molecule is CCCC(=O)Nc1cccc(NC(=O)c2ccc(OC[C@H]3CCCO3)cc2)c1. The van der Waals surface area contributed by atoms with Gasteiger partial charge in [0.1, 0.15) is 12.4 Å². The first-order valence-corrected chi connectivity index (χ1v) is 9.70. The zero-order valence-electron chi connectivity index (χ0n) is 16.1. The van der Waals surface area contributed by atoms with E-state index in [0.717, 1.165) is 25.9 Å². The molecule has 6 heteroatoms. The molecule has 2 N–H and O–H groups in total. The van der Waals surface area contributed by atoms with E-state index in [2.05, 4.69) is 10.6 Å². The van der Waals surface area contributed by atoms with E-state index in [-0.39, 0.29) is 17.9 Å². The largest absolute Gasteiger partial charge is 0.491 e. The van der Waals surface area contributed by atoms with Crippen molar-refractivity contribution in [1.82, 2.24) is 0 Å². The van der Waals surface area contributed by atoms with Gasteiger partial charge in [0.05, 0.1) is 6.10 Å². The van der Waals surface area contributed by atoms with Gasteiger partial charge >= 0.3 is 0 Å². The summed E-state index contributed by atoms with van der Waals surface area (Å²) in [5, 5.41) is 5.67. The lowest BCUT2D eigenvalue weighted by Crippen LogP contribution is -2.16. The Labute approximate surface area is 165 Å². The third-order valence-corrected chi connectivity index (χ3v) is 4.46. The van der Waals surface area contributed by atoms with Crippen molar-refractivity contribution in [2.75, 3.05) is 23.8 Å². The fraction of sp³-hybridized carbons (Fsp3) is 0.364. The first-order valence-electron chi connectivity index (χ1n) is 9.70. The standard InChI is InChI=1S/C22H26N2O4/c1-2-5-21(25)23-17-6-3-7-18(14-17)24-22(26)16-9-11-19(12-10-16)28-15-20-8-4-13-27-20/h3,6-7,9-12,14,20H,2,4-5,8,13,15H2,1H3,(H,23,25)(H,24,26)/t20-/m1/s1. The lowest BCUT2D eigenvalue weighted by molar-refractivity contribution is -0.116. The molecule has 2 aromatic carbocycles. The molecule has 0 unspecified atom stereocenters. The number of carbonyl (C=O) groups excluding carboxylic acids is 2. The van der Waals surface area contributed by atoms with Crippen molar-refractivity contribution in [2.45, 2.75) is 38.7 Å². The zero-order chi connectivity index (χ0) is 19.8. The number of hydrogen-bond donors (Lipinski definition) is 2. The van der Waals surface area contributed by atoms with Crippen molar-refractivity contribution in [2.24, 2.45) is 0 Å². The van der Waals surface area contributed by atoms with Crippen LogP contribution < -0.4 is 15.4 Å². The lowest BCUT2D eigenvalue weighted by Gasteiger charge is -2.12. The maximum absolute atomic E-state index is 12.5. The highest BCUT2D eigenvalue weighted by Crippen LogP contribution is 2.19. The van der Waals surface area contributed by atoms with Gasteiger partial charge in [-0.15, -0.1) is 0 Å². The maximum Gasteiger partial charge on any atom is 0.255 e. The van der Waals surface area contributed by atoms with Crippen molar-refractivity contribution < 1.29 is 19.1 Å². The van der Waals surface area contributed by atoms with Gasteiger partial charge in [-0.2, -0.15) is 0 Å². The van der Waals surface area contributed by atoms with Crippen LogP contribution >= 0.6 is 0 Å². The molecule has 148 valence electrons. The minimum Gasteiger partial charge on any atom is -0.491 e. The van der Waals surface area contributed by atoms with Gasteiger partial charge in [0.2, 0.25) is 5.91 Å². The van der Waals surface area contributed by atoms with Crippen molar-refractivity contribution in [3.05, 3.63) is 54.1 Å². The number of hydrogen-bond acceptors (Lipinski definition) is 4. The lowest BCUT2D eigenvalue weighted by atomic mass is 10.2. The summed E-state index contributed by atoms with van der Waals surface area (Å²) in [6.45, 7) is 3.29. The van der Waals surface area contributed by atoms with Crippen LogP contribution in [0.2, 0.25) is 0 Å². The van der Waals surface area contributed by atoms with Crippen LogP contribution in [-0.2, 0) is 9.53 Å². The fourth-order valence-electron chi connectivity index (χ4n) is 3.00. The quantitative estimate of drug-likeness (QED) is 0.716. The van der Waals surface area contributed by atoms with Crippen LogP contribution in [0.5, 0.6) is 5.75 Å². The van der Waals surface area contributed by atoms with Crippen molar-refractivity contribution in [3.63, 3.8) is 0 Å². The molecular formula is C22H26N2O4. The molecule has 6 nitrogen and oxygen atoms in total. The van der Waals surface area contributed by atoms with Crippen molar-refractivity contribution in [1.29, 1.82) is 0 Å². The highest BCUT2D eigenvalue weighted by molar-refractivity contribution is 6.04. The Morgan fingerprint density at radius 2 is 1.86 bits per heavy atom. The smallest absolute Gasteiger partial charge is 0.255 e. The molecule has 1 saturated heterocycles. The van der Waals surface area contributed by atoms with Gasteiger partial charge in [-0.25, -0.2) is 0 Å². The fourth-order valence-corrected chi connectivity index (χ4v) is 3.00. The highest BCUT2D eigenvalue weighted by atomic mass is 16.5. The molecule has 0 aromatic heterocycles. The number of anilines is 2. The molecule has 1 fully saturated rings. The van der Waals surface area contributed by atoms with Crippen molar-refractivity contribution in [3.8, 4) is 5.75 Å². The van der Waals surface area contributed by atoms with Gasteiger partial charge < -0.3 is 20.1 Å². The average molecular weight is 382 g/mol. The summed E-state index contributed by atoms with van der Waals surface area (Å²) in [4.78, 5) is 24.2. The van der Waals surface area contributed by atoms with Crippen molar-refractivity contribution >= 4 is 23.2 Å². The summed E-state index contributed by atoms with van der Waals surface area (Å²) in [6, 6.07) is 14.1. The number of nitrogens with one attached hydrogen (secondary N) is 2. The van der Waals surface area contributed by atoms with E-state index < -0.39 is 0 Å². The van der Waals surface area contributed by atoms with E-state index in [0.29, 0.717) is 35.7 Å². The molecule has 0 aliphatic carbocycles. The zero-order valence-corrected chi connectivity index (χ0v) is 16.1. The number of benzene rings is 2. The van der Waals surface area contributed by atoms with Crippen LogP contribution in [0.4, 0.5) is 11.4 Å². The van der Waals surface area contributed by atoms with E-state index in [9.17, 15) is 9.59 Å². The second kappa shape index (κ2) is 9.90. The van der Waals surface area contributed by atoms with Crippen LogP contribution in [0.1, 0.15) is 43.0 Å². The molecule has 2 aromatic rings. The van der Waals surface area contributed by atoms with E-state index >= 15 is 0 Å². The average Bonchev–Trinajstić information content (AvgIpc) is 3.21. The first kappa shape index (κ1) is 19.9. The van der Waals surface area contributed by atoms with Crippen LogP contribution in [-0.4, -0.2) is 31.1 Å². The van der Waals surface area contributed by atoms with E-state index in [4.69, 9.17) is 9.47 Å². The molecule has 0 bridgehead atoms. The Bertz CT molecular complexity index is 798. The summed E-state index contributed by atoms with van der Waals surface area (Å²) in [6.07, 6.45) is 3.52. The molecule has 1 atom stereocenters. The summed E-state index contributed by atoms with van der Waals surface area (Å²) >= 11 is 0. The summed E-state index contributed by atoms with van der Waals surface area (Å²) < 4.78 is 11.3. The number of amides is 2. The molecule has 1 aliphatic heterocycles. The summed E-state index contributed by atoms with van der Waals surface area (Å²) in [7, 11) is 0. The molecule has 1 heterocycles. The molecule has 2 amide bonds. The van der Waals surface area contributed by atoms with Gasteiger partial charge in [0.15, 0.2) is 0 Å². The van der Waals surface area contributed by atoms with E-state index in [1.165, 1.54) is 0 Å². The van der Waals surface area contributed by atoms with E-state index in [1.54, 1.807) is 48.5 Å². The molecule has 3 rings (SSSR count). The monoisotopic (exact) mass is 382 g/mol. The minimum absolute atomic E-state index is 0.0374. The van der Waals surface area contributed by atoms with Crippen LogP contribution in [0.3, 0.4) is 0 Å². The first-order chi connectivity index (χ1) is 13.6. The van der Waals surface area contributed by atoms with E-state index in [1.807, 2.05) is 6.92 Å². The van der Waals surface area contributed by atoms with Gasteiger partial charge in [-0.3, -0.25) is 9.59 Å². The number of rotatable bonds is 8. The van der Waals surface area contributed by atoms with Crippen LogP contribution in [0, 0.1) is 0 Å². The Kier molecular flexibility index (Phi) is 7.03. The van der Waals surface area contributed by atoms with Crippen LogP contribution in [0.15, 0.2) is 48.5 Å². The molecular weight excluding hydrogens is 356 g/mol. The van der Waals surface area contributed by atoms with Gasteiger partial charge in [-0.1, -0.05) is 13.0 Å². The predicted octanol–water partition coefficient (Wildman–Crippen LogP) is 4.24. The second-order valence-corrected chi connectivity index (χ2v) is 6.80. The minimum atomic E-state index is -0.220. The predicted molar refractivity (Wildman–Crippen MR) is 109 cm³/mol. The highest BCUT2D eigenvalue weighted by Gasteiger charge is 2.16. The second-order valence-electron chi connectivity index (χ2n) is 6.80. The number of carbonyl (C=O) groups is 2. The molecule has 0 spiro atoms. The molecule has 28 heavy (non-hydrogen) atoms. The maximum atomic E-state index is 12.5. The Balaban J connectivity index is 1.54. The Hall–Kier alpha value is -2.86. The molecule has 1 aliphatic rings. The third-order valence-electron chi connectivity index (χ3n) is 4.46. The number of ether oxygens (including phenoxy) is 2. The summed E-state index contributed by atoms with van der Waals surface area (Å²) in [5.74, 6) is 0.458. The third kappa shape index (κ3) is 5.82. The molecule has 0 radical (unpaired) electrons.